The molecule has 0 atom stereocenters. The lowest BCUT2D eigenvalue weighted by Gasteiger charge is -2.34. The fourth-order valence-electron chi connectivity index (χ4n) is 3.54. The summed E-state index contributed by atoms with van der Waals surface area (Å²) in [5.41, 5.74) is 4.35. The summed E-state index contributed by atoms with van der Waals surface area (Å²) in [7, 11) is 0. The summed E-state index contributed by atoms with van der Waals surface area (Å²) in [5, 5.41) is 3.01. The molecule has 0 unspecified atom stereocenters. The smallest absolute Gasteiger partial charge is 0.255 e. The molecule has 1 fully saturated rings. The molecule has 148 valence electrons. The van der Waals surface area contributed by atoms with E-state index < -0.39 is 0 Å². The van der Waals surface area contributed by atoms with Gasteiger partial charge < -0.3 is 10.2 Å². The van der Waals surface area contributed by atoms with Gasteiger partial charge in [0.1, 0.15) is 0 Å². The number of nitrogens with one attached hydrogen (secondary N) is 1. The Hall–Kier alpha value is -2.73. The number of aromatic nitrogens is 1. The van der Waals surface area contributed by atoms with Crippen molar-refractivity contribution in [2.45, 2.75) is 27.2 Å². The second-order valence-corrected chi connectivity index (χ2v) is 7.21. The van der Waals surface area contributed by atoms with E-state index in [1.807, 2.05) is 55.1 Å². The second kappa shape index (κ2) is 8.97. The van der Waals surface area contributed by atoms with E-state index in [2.05, 4.69) is 22.1 Å². The molecule has 6 heteroatoms. The Morgan fingerprint density at radius 3 is 2.43 bits per heavy atom. The molecule has 1 saturated heterocycles. The molecule has 2 aromatic rings. The van der Waals surface area contributed by atoms with Gasteiger partial charge in [0, 0.05) is 37.6 Å². The number of nitrogens with zero attached hydrogens (tertiary/aromatic N) is 3. The predicted octanol–water partition coefficient (Wildman–Crippen LogP) is 2.66. The van der Waals surface area contributed by atoms with E-state index in [0.717, 1.165) is 29.1 Å². The summed E-state index contributed by atoms with van der Waals surface area (Å²) in [6.07, 6.45) is 0.879. The van der Waals surface area contributed by atoms with Crippen LogP contribution >= 0.6 is 0 Å². The lowest BCUT2D eigenvalue weighted by Crippen LogP contribution is -2.50. The maximum Gasteiger partial charge on any atom is 0.255 e. The van der Waals surface area contributed by atoms with Crippen LogP contribution in [0.25, 0.3) is 0 Å². The lowest BCUT2D eigenvalue weighted by atomic mass is 10.1. The number of piperazine rings is 1. The third-order valence-electron chi connectivity index (χ3n) is 5.15. The zero-order valence-corrected chi connectivity index (χ0v) is 16.9. The summed E-state index contributed by atoms with van der Waals surface area (Å²) in [6.45, 7) is 8.81. The highest BCUT2D eigenvalue weighted by Gasteiger charge is 2.24. The molecule has 2 amide bonds. The van der Waals surface area contributed by atoms with Gasteiger partial charge in [0.25, 0.3) is 5.91 Å². The Kier molecular flexibility index (Phi) is 6.41. The molecule has 0 bridgehead atoms. The first-order valence-electron chi connectivity index (χ1n) is 9.81. The average molecular weight is 380 g/mol. The van der Waals surface area contributed by atoms with Gasteiger partial charge in [-0.15, -0.1) is 0 Å². The van der Waals surface area contributed by atoms with E-state index in [1.165, 1.54) is 0 Å². The van der Waals surface area contributed by atoms with Gasteiger partial charge >= 0.3 is 0 Å². The maximum atomic E-state index is 12.8. The van der Waals surface area contributed by atoms with Crippen molar-refractivity contribution < 1.29 is 9.59 Å². The number of benzene rings is 1. The van der Waals surface area contributed by atoms with E-state index in [-0.39, 0.29) is 11.8 Å². The molecule has 0 saturated carbocycles. The van der Waals surface area contributed by atoms with Crippen molar-refractivity contribution in [3.63, 3.8) is 0 Å². The molecule has 1 aromatic carbocycles. The van der Waals surface area contributed by atoms with Gasteiger partial charge in [0.15, 0.2) is 0 Å². The quantitative estimate of drug-likeness (QED) is 0.866. The summed E-state index contributed by atoms with van der Waals surface area (Å²) in [4.78, 5) is 33.5. The van der Waals surface area contributed by atoms with Crippen LogP contribution in [-0.2, 0) is 11.2 Å². The van der Waals surface area contributed by atoms with Crippen molar-refractivity contribution in [2.75, 3.05) is 38.0 Å². The number of anilines is 1. The van der Waals surface area contributed by atoms with E-state index in [0.29, 0.717) is 38.3 Å². The normalized spacial score (nSPS) is 14.8. The predicted molar refractivity (Wildman–Crippen MR) is 111 cm³/mol. The first-order valence-corrected chi connectivity index (χ1v) is 9.81. The standard InChI is InChI=1S/C22H28N4O2/c1-4-18-7-5-6-8-20(18)24-21(27)15-25-11-13-26(14-12-25)22(28)19-10-9-16(2)23-17(19)3/h5-10H,4,11-15H2,1-3H3,(H,24,27). The maximum absolute atomic E-state index is 12.8. The molecule has 6 nitrogen and oxygen atoms in total. The average Bonchev–Trinajstić information content (AvgIpc) is 2.68. The third-order valence-corrected chi connectivity index (χ3v) is 5.15. The number of hydrogen-bond acceptors (Lipinski definition) is 4. The summed E-state index contributed by atoms with van der Waals surface area (Å²) in [5.74, 6) is 0.00484. The monoisotopic (exact) mass is 380 g/mol. The number of para-hydroxylation sites is 1. The number of amides is 2. The van der Waals surface area contributed by atoms with Crippen LogP contribution in [0.1, 0.15) is 34.2 Å². The largest absolute Gasteiger partial charge is 0.336 e. The van der Waals surface area contributed by atoms with Crippen LogP contribution in [0.3, 0.4) is 0 Å². The molecule has 0 radical (unpaired) electrons. The minimum Gasteiger partial charge on any atom is -0.336 e. The molecule has 0 aliphatic carbocycles. The highest BCUT2D eigenvalue weighted by molar-refractivity contribution is 5.95. The number of rotatable bonds is 5. The van der Waals surface area contributed by atoms with Gasteiger partial charge in [-0.05, 0) is 44.0 Å². The van der Waals surface area contributed by atoms with E-state index in [1.54, 1.807) is 0 Å². The van der Waals surface area contributed by atoms with E-state index in [9.17, 15) is 9.59 Å². The minimum atomic E-state index is -0.0146. The Morgan fingerprint density at radius 1 is 1.04 bits per heavy atom. The highest BCUT2D eigenvalue weighted by atomic mass is 16.2. The molecular weight excluding hydrogens is 352 g/mol. The molecule has 28 heavy (non-hydrogen) atoms. The van der Waals surface area contributed by atoms with E-state index >= 15 is 0 Å². The number of hydrogen-bond donors (Lipinski definition) is 1. The number of aryl methyl sites for hydroxylation is 3. The molecule has 0 spiro atoms. The van der Waals surface area contributed by atoms with Gasteiger partial charge in [-0.25, -0.2) is 0 Å². The topological polar surface area (TPSA) is 65.5 Å². The Morgan fingerprint density at radius 2 is 1.75 bits per heavy atom. The molecule has 1 aromatic heterocycles. The summed E-state index contributed by atoms with van der Waals surface area (Å²) < 4.78 is 0. The summed E-state index contributed by atoms with van der Waals surface area (Å²) >= 11 is 0. The zero-order valence-electron chi connectivity index (χ0n) is 16.9. The van der Waals surface area contributed by atoms with Crippen molar-refractivity contribution in [3.8, 4) is 0 Å². The first-order chi connectivity index (χ1) is 13.5. The van der Waals surface area contributed by atoms with Crippen LogP contribution in [-0.4, -0.2) is 59.3 Å². The van der Waals surface area contributed by atoms with Crippen LogP contribution in [0.15, 0.2) is 36.4 Å². The number of carbonyl (C=O) groups is 2. The Labute approximate surface area is 166 Å². The molecular formula is C22H28N4O2. The van der Waals surface area contributed by atoms with Gasteiger partial charge in [-0.2, -0.15) is 0 Å². The Bertz CT molecular complexity index is 857. The van der Waals surface area contributed by atoms with Crippen molar-refractivity contribution in [3.05, 3.63) is 58.9 Å². The molecule has 1 aliphatic heterocycles. The third kappa shape index (κ3) is 4.75. The molecule has 1 aliphatic rings. The number of carbonyl (C=O) groups excluding carboxylic acids is 2. The first kappa shape index (κ1) is 20.0. The highest BCUT2D eigenvalue weighted by Crippen LogP contribution is 2.16. The molecule has 3 rings (SSSR count). The van der Waals surface area contributed by atoms with Crippen LogP contribution in [0.5, 0.6) is 0 Å². The van der Waals surface area contributed by atoms with Crippen LogP contribution in [0, 0.1) is 13.8 Å². The van der Waals surface area contributed by atoms with Gasteiger partial charge in [-0.1, -0.05) is 25.1 Å². The molecule has 2 heterocycles. The minimum absolute atomic E-state index is 0.0146. The van der Waals surface area contributed by atoms with Gasteiger partial charge in [-0.3, -0.25) is 19.5 Å². The van der Waals surface area contributed by atoms with Crippen molar-refractivity contribution in [1.82, 2.24) is 14.8 Å². The van der Waals surface area contributed by atoms with Crippen LogP contribution < -0.4 is 5.32 Å². The lowest BCUT2D eigenvalue weighted by molar-refractivity contribution is -0.117. The van der Waals surface area contributed by atoms with Crippen molar-refractivity contribution >= 4 is 17.5 Å². The second-order valence-electron chi connectivity index (χ2n) is 7.21. The SMILES string of the molecule is CCc1ccccc1NC(=O)CN1CCN(C(=O)c2ccc(C)nc2C)CC1. The van der Waals surface area contributed by atoms with Crippen LogP contribution in [0.4, 0.5) is 5.69 Å². The van der Waals surface area contributed by atoms with Gasteiger partial charge in [0.2, 0.25) is 5.91 Å². The van der Waals surface area contributed by atoms with Crippen LogP contribution in [0.2, 0.25) is 0 Å². The summed E-state index contributed by atoms with van der Waals surface area (Å²) in [6, 6.07) is 11.6. The molecule has 1 N–H and O–H groups in total. The van der Waals surface area contributed by atoms with Crippen molar-refractivity contribution in [1.29, 1.82) is 0 Å². The Balaban J connectivity index is 1.52. The van der Waals surface area contributed by atoms with Gasteiger partial charge in [0.05, 0.1) is 17.8 Å². The zero-order chi connectivity index (χ0) is 20.1. The fourth-order valence-corrected chi connectivity index (χ4v) is 3.54. The fraction of sp³-hybridized carbons (Fsp3) is 0.409. The van der Waals surface area contributed by atoms with E-state index in [4.69, 9.17) is 0 Å². The van der Waals surface area contributed by atoms with Crippen molar-refractivity contribution in [2.24, 2.45) is 0 Å². The number of pyridine rings is 1.